The molecule has 0 atom stereocenters. The van der Waals surface area contributed by atoms with E-state index in [2.05, 4.69) is 4.90 Å². The zero-order chi connectivity index (χ0) is 15.4. The highest BCUT2D eigenvalue weighted by atomic mass is 19.1. The van der Waals surface area contributed by atoms with Gasteiger partial charge in [0, 0.05) is 18.7 Å². The molecule has 2 aromatic rings. The van der Waals surface area contributed by atoms with Gasteiger partial charge in [-0.3, -0.25) is 10.3 Å². The first-order valence-corrected chi connectivity index (χ1v) is 6.82. The highest BCUT2D eigenvalue weighted by Gasteiger charge is 2.06. The number of nitrogen functional groups attached to an aromatic ring is 1. The summed E-state index contributed by atoms with van der Waals surface area (Å²) in [5, 5.41) is 7.47. The zero-order valence-electron chi connectivity index (χ0n) is 12.4. The number of nitrogens with zero attached hydrogens (tertiary/aromatic N) is 1. The number of hydrogen-bond acceptors (Lipinski definition) is 2. The van der Waals surface area contributed by atoms with Crippen molar-refractivity contribution in [1.29, 1.82) is 5.41 Å². The van der Waals surface area contributed by atoms with Crippen LogP contribution in [0.3, 0.4) is 0 Å². The van der Waals surface area contributed by atoms with Crippen LogP contribution >= 0.6 is 0 Å². The summed E-state index contributed by atoms with van der Waals surface area (Å²) >= 11 is 0. The minimum Gasteiger partial charge on any atom is -0.384 e. The fraction of sp³-hybridized carbons (Fsp3) is 0.235. The normalized spacial score (nSPS) is 10.9. The number of aryl methyl sites for hydroxylation is 1. The van der Waals surface area contributed by atoms with Gasteiger partial charge in [0.1, 0.15) is 11.7 Å². The van der Waals surface area contributed by atoms with Crippen molar-refractivity contribution in [2.75, 3.05) is 7.05 Å². The largest absolute Gasteiger partial charge is 0.384 e. The van der Waals surface area contributed by atoms with E-state index in [1.165, 1.54) is 6.07 Å². The smallest absolute Gasteiger partial charge is 0.123 e. The molecule has 0 fully saturated rings. The van der Waals surface area contributed by atoms with Crippen molar-refractivity contribution < 1.29 is 4.39 Å². The Balaban J connectivity index is 2.08. The number of amidine groups is 1. The van der Waals surface area contributed by atoms with Gasteiger partial charge in [0.2, 0.25) is 0 Å². The van der Waals surface area contributed by atoms with E-state index in [1.807, 2.05) is 38.2 Å². The second-order valence-corrected chi connectivity index (χ2v) is 5.36. The van der Waals surface area contributed by atoms with E-state index < -0.39 is 0 Å². The van der Waals surface area contributed by atoms with Crippen LogP contribution in [0.2, 0.25) is 0 Å². The third kappa shape index (κ3) is 4.13. The highest BCUT2D eigenvalue weighted by molar-refractivity contribution is 5.95. The van der Waals surface area contributed by atoms with Crippen LogP contribution < -0.4 is 5.73 Å². The molecule has 21 heavy (non-hydrogen) atoms. The Morgan fingerprint density at radius 2 is 1.95 bits per heavy atom. The zero-order valence-corrected chi connectivity index (χ0v) is 12.4. The number of halogens is 1. The van der Waals surface area contributed by atoms with Crippen molar-refractivity contribution in [3.63, 3.8) is 0 Å². The molecule has 0 aliphatic heterocycles. The van der Waals surface area contributed by atoms with E-state index in [0.717, 1.165) is 28.8 Å². The second kappa shape index (κ2) is 6.50. The van der Waals surface area contributed by atoms with Crippen LogP contribution in [0.4, 0.5) is 4.39 Å². The molecule has 3 N–H and O–H groups in total. The topological polar surface area (TPSA) is 53.1 Å². The summed E-state index contributed by atoms with van der Waals surface area (Å²) in [5.74, 6) is -0.136. The van der Waals surface area contributed by atoms with E-state index in [4.69, 9.17) is 11.1 Å². The Labute approximate surface area is 124 Å². The minimum absolute atomic E-state index is 0.0699. The van der Waals surface area contributed by atoms with E-state index in [0.29, 0.717) is 6.54 Å². The van der Waals surface area contributed by atoms with Gasteiger partial charge in [-0.15, -0.1) is 0 Å². The van der Waals surface area contributed by atoms with E-state index in [1.54, 1.807) is 12.1 Å². The first kappa shape index (κ1) is 15.2. The van der Waals surface area contributed by atoms with Crippen molar-refractivity contribution >= 4 is 5.84 Å². The quantitative estimate of drug-likeness (QED) is 0.655. The van der Waals surface area contributed by atoms with Crippen LogP contribution in [-0.4, -0.2) is 17.8 Å². The molecule has 2 aromatic carbocycles. The van der Waals surface area contributed by atoms with Gasteiger partial charge in [0.15, 0.2) is 0 Å². The molecule has 4 heteroatoms. The van der Waals surface area contributed by atoms with Gasteiger partial charge in [-0.1, -0.05) is 24.3 Å². The summed E-state index contributed by atoms with van der Waals surface area (Å²) in [6.07, 6.45) is 0. The number of nitrogens with one attached hydrogen (secondary N) is 1. The molecule has 0 saturated carbocycles. The number of benzene rings is 2. The summed E-state index contributed by atoms with van der Waals surface area (Å²) < 4.78 is 13.3. The summed E-state index contributed by atoms with van der Waals surface area (Å²) in [6.45, 7) is 3.38. The lowest BCUT2D eigenvalue weighted by Gasteiger charge is -2.18. The average Bonchev–Trinajstić information content (AvgIpc) is 2.43. The Morgan fingerprint density at radius 3 is 2.67 bits per heavy atom. The maximum atomic E-state index is 13.3. The molecule has 0 aliphatic carbocycles. The van der Waals surface area contributed by atoms with Gasteiger partial charge in [-0.05, 0) is 48.9 Å². The Morgan fingerprint density at radius 1 is 1.19 bits per heavy atom. The van der Waals surface area contributed by atoms with Crippen molar-refractivity contribution in [1.82, 2.24) is 4.90 Å². The first-order valence-electron chi connectivity index (χ1n) is 6.82. The average molecular weight is 285 g/mol. The van der Waals surface area contributed by atoms with E-state index in [-0.39, 0.29) is 11.7 Å². The maximum absolute atomic E-state index is 13.3. The van der Waals surface area contributed by atoms with Gasteiger partial charge >= 0.3 is 0 Å². The molecule has 2 rings (SSSR count). The molecule has 0 amide bonds. The standard InChI is InChI=1S/C17H20FN3/c1-12-6-7-16(18)9-15(12)11-21(2)10-13-4-3-5-14(8-13)17(19)20/h3-9H,10-11H2,1-2H3,(H3,19,20). The summed E-state index contributed by atoms with van der Waals surface area (Å²) in [5.41, 5.74) is 9.38. The summed E-state index contributed by atoms with van der Waals surface area (Å²) in [7, 11) is 1.99. The Bertz CT molecular complexity index is 652. The molecule has 0 bridgehead atoms. The van der Waals surface area contributed by atoms with Crippen molar-refractivity contribution in [3.05, 3.63) is 70.5 Å². The summed E-state index contributed by atoms with van der Waals surface area (Å²) in [4.78, 5) is 2.11. The SMILES string of the molecule is Cc1ccc(F)cc1CN(C)Cc1cccc(C(=N)N)c1. The fourth-order valence-electron chi connectivity index (χ4n) is 2.31. The molecular formula is C17H20FN3. The molecule has 110 valence electrons. The van der Waals surface area contributed by atoms with Crippen LogP contribution in [0.5, 0.6) is 0 Å². The van der Waals surface area contributed by atoms with Crippen LogP contribution in [0.1, 0.15) is 22.3 Å². The lowest BCUT2D eigenvalue weighted by atomic mass is 10.1. The van der Waals surface area contributed by atoms with Gasteiger partial charge in [-0.25, -0.2) is 4.39 Å². The Kier molecular flexibility index (Phi) is 4.70. The number of nitrogens with two attached hydrogens (primary N) is 1. The highest BCUT2D eigenvalue weighted by Crippen LogP contribution is 2.14. The summed E-state index contributed by atoms with van der Waals surface area (Å²) in [6, 6.07) is 12.5. The van der Waals surface area contributed by atoms with Crippen molar-refractivity contribution in [2.45, 2.75) is 20.0 Å². The predicted octanol–water partition coefficient (Wildman–Crippen LogP) is 3.05. The third-order valence-corrected chi connectivity index (χ3v) is 3.44. The molecule has 0 radical (unpaired) electrons. The van der Waals surface area contributed by atoms with Crippen LogP contribution in [0.25, 0.3) is 0 Å². The van der Waals surface area contributed by atoms with Crippen molar-refractivity contribution in [3.8, 4) is 0 Å². The fourth-order valence-corrected chi connectivity index (χ4v) is 2.31. The lowest BCUT2D eigenvalue weighted by molar-refractivity contribution is 0.318. The number of hydrogen-bond donors (Lipinski definition) is 2. The third-order valence-electron chi connectivity index (χ3n) is 3.44. The molecule has 3 nitrogen and oxygen atoms in total. The van der Waals surface area contributed by atoms with Crippen LogP contribution in [0.15, 0.2) is 42.5 Å². The first-order chi connectivity index (χ1) is 9.95. The molecular weight excluding hydrogens is 265 g/mol. The van der Waals surface area contributed by atoms with Gasteiger partial charge in [0.25, 0.3) is 0 Å². The molecule has 0 unspecified atom stereocenters. The molecule has 0 heterocycles. The van der Waals surface area contributed by atoms with Gasteiger partial charge < -0.3 is 5.73 Å². The van der Waals surface area contributed by atoms with Gasteiger partial charge in [-0.2, -0.15) is 0 Å². The molecule has 0 aromatic heterocycles. The molecule has 0 aliphatic rings. The number of rotatable bonds is 5. The second-order valence-electron chi connectivity index (χ2n) is 5.36. The molecule has 0 spiro atoms. The maximum Gasteiger partial charge on any atom is 0.123 e. The monoisotopic (exact) mass is 285 g/mol. The van der Waals surface area contributed by atoms with Crippen LogP contribution in [0, 0.1) is 18.2 Å². The van der Waals surface area contributed by atoms with Gasteiger partial charge in [0.05, 0.1) is 0 Å². The Hall–Kier alpha value is -2.20. The minimum atomic E-state index is -0.206. The van der Waals surface area contributed by atoms with E-state index >= 15 is 0 Å². The van der Waals surface area contributed by atoms with Crippen LogP contribution in [-0.2, 0) is 13.1 Å². The van der Waals surface area contributed by atoms with Crippen molar-refractivity contribution in [2.24, 2.45) is 5.73 Å². The predicted molar refractivity (Wildman–Crippen MR) is 83.8 cm³/mol. The molecule has 0 saturated heterocycles. The van der Waals surface area contributed by atoms with E-state index in [9.17, 15) is 4.39 Å². The lowest BCUT2D eigenvalue weighted by Crippen LogP contribution is -2.18.